The van der Waals surface area contributed by atoms with E-state index in [2.05, 4.69) is 31.0 Å². The molecule has 4 rings (SSSR count). The second-order valence-corrected chi connectivity index (χ2v) is 8.16. The van der Waals surface area contributed by atoms with Crippen LogP contribution in [-0.4, -0.2) is 78.9 Å². The summed E-state index contributed by atoms with van der Waals surface area (Å²) in [6, 6.07) is 8.49. The van der Waals surface area contributed by atoms with Crippen LogP contribution in [0.15, 0.2) is 24.3 Å². The Morgan fingerprint density at radius 2 is 1.53 bits per heavy atom. The van der Waals surface area contributed by atoms with Crippen molar-refractivity contribution in [2.45, 2.75) is 58.5 Å². The number of nitrogens with one attached hydrogen (secondary N) is 1. The number of amides is 2. The molecule has 0 aromatic heterocycles. The van der Waals surface area contributed by atoms with Crippen molar-refractivity contribution in [2.75, 3.05) is 32.9 Å². The van der Waals surface area contributed by atoms with Crippen molar-refractivity contribution in [3.8, 4) is 0 Å². The van der Waals surface area contributed by atoms with Gasteiger partial charge < -0.3 is 14.8 Å². The second kappa shape index (κ2) is 11.2. The van der Waals surface area contributed by atoms with Crippen LogP contribution in [0.1, 0.15) is 54.8 Å². The van der Waals surface area contributed by atoms with E-state index in [9.17, 15) is 9.59 Å². The highest BCUT2D eigenvalue weighted by atomic mass is 35.5. The van der Waals surface area contributed by atoms with Crippen LogP contribution in [0.25, 0.3) is 0 Å². The summed E-state index contributed by atoms with van der Waals surface area (Å²) < 4.78 is 10.9. The van der Waals surface area contributed by atoms with E-state index in [0.29, 0.717) is 42.3 Å². The fraction of sp³-hybridized carbons (Fsp3) is 0.636. The fourth-order valence-corrected chi connectivity index (χ4v) is 4.09. The van der Waals surface area contributed by atoms with Gasteiger partial charge in [0.05, 0.1) is 30.9 Å². The molecule has 2 saturated heterocycles. The van der Waals surface area contributed by atoms with Crippen molar-refractivity contribution >= 4 is 24.2 Å². The summed E-state index contributed by atoms with van der Waals surface area (Å²) in [6.07, 6.45) is 1.01. The maximum absolute atomic E-state index is 12.3. The van der Waals surface area contributed by atoms with Gasteiger partial charge in [0.15, 0.2) is 0 Å². The summed E-state index contributed by atoms with van der Waals surface area (Å²) >= 11 is 0. The lowest BCUT2D eigenvalue weighted by atomic mass is 10.1. The quantitative estimate of drug-likeness (QED) is 0.730. The molecule has 0 radical (unpaired) electrons. The van der Waals surface area contributed by atoms with E-state index < -0.39 is 0 Å². The van der Waals surface area contributed by atoms with Crippen LogP contribution in [0.5, 0.6) is 0 Å². The minimum Gasteiger partial charge on any atom is -0.378 e. The van der Waals surface area contributed by atoms with Gasteiger partial charge in [0, 0.05) is 31.2 Å². The molecular weight excluding hydrogens is 406 g/mol. The average molecular weight is 440 g/mol. The summed E-state index contributed by atoms with van der Waals surface area (Å²) in [6.45, 7) is 12.0. The normalized spacial score (nSPS) is 29.0. The number of nitrogens with zero attached hydrogens (tertiary/aromatic N) is 2. The Bertz CT molecular complexity index is 679. The van der Waals surface area contributed by atoms with Crippen LogP contribution in [0.2, 0.25) is 0 Å². The highest BCUT2D eigenvalue weighted by Gasteiger charge is 2.36. The number of morpholine rings is 1. The average Bonchev–Trinajstić information content (AvgIpc) is 2.93. The van der Waals surface area contributed by atoms with E-state index in [1.54, 1.807) is 24.3 Å². The van der Waals surface area contributed by atoms with Crippen LogP contribution in [0, 0.1) is 0 Å². The number of halogens is 1. The van der Waals surface area contributed by atoms with Crippen LogP contribution >= 0.6 is 12.4 Å². The molecule has 3 aliphatic rings. The highest BCUT2D eigenvalue weighted by Crippen LogP contribution is 2.23. The molecule has 0 aliphatic carbocycles. The van der Waals surface area contributed by atoms with Gasteiger partial charge in [-0.15, -0.1) is 12.4 Å². The third-order valence-corrected chi connectivity index (χ3v) is 5.69. The zero-order valence-electron chi connectivity index (χ0n) is 18.3. The minimum absolute atomic E-state index is 0. The molecule has 0 saturated carbocycles. The van der Waals surface area contributed by atoms with E-state index in [-0.39, 0.29) is 30.4 Å². The molecule has 168 valence electrons. The van der Waals surface area contributed by atoms with E-state index in [0.717, 1.165) is 26.2 Å². The van der Waals surface area contributed by atoms with Gasteiger partial charge in [0.25, 0.3) is 11.8 Å². The number of carbonyl (C=O) groups is 2. The number of fused-ring (bicyclic) bond motifs is 1. The second-order valence-electron chi connectivity index (χ2n) is 8.16. The summed E-state index contributed by atoms with van der Waals surface area (Å²) in [5, 5.41) is 3.35. The molecule has 2 fully saturated rings. The molecule has 3 aliphatic heterocycles. The largest absolute Gasteiger partial charge is 0.378 e. The lowest BCUT2D eigenvalue weighted by Gasteiger charge is -2.39. The number of carbonyl (C=O) groups excluding carboxylic acids is 2. The minimum atomic E-state index is -0.186. The topological polar surface area (TPSA) is 71.1 Å². The summed E-state index contributed by atoms with van der Waals surface area (Å²) in [5.41, 5.74) is 1.02. The zero-order valence-corrected chi connectivity index (χ0v) is 19.1. The maximum Gasteiger partial charge on any atom is 0.261 e. The van der Waals surface area contributed by atoms with Crippen LogP contribution in [0.3, 0.4) is 0 Å². The van der Waals surface area contributed by atoms with Gasteiger partial charge in [0.1, 0.15) is 6.23 Å². The lowest BCUT2D eigenvalue weighted by Crippen LogP contribution is -2.50. The first-order valence-electron chi connectivity index (χ1n) is 10.5. The smallest absolute Gasteiger partial charge is 0.261 e. The molecule has 30 heavy (non-hydrogen) atoms. The van der Waals surface area contributed by atoms with Gasteiger partial charge in [-0.3, -0.25) is 19.4 Å². The van der Waals surface area contributed by atoms with Crippen LogP contribution < -0.4 is 5.32 Å². The Morgan fingerprint density at radius 1 is 0.967 bits per heavy atom. The van der Waals surface area contributed by atoms with Crippen molar-refractivity contribution < 1.29 is 19.1 Å². The van der Waals surface area contributed by atoms with Gasteiger partial charge in [0.2, 0.25) is 0 Å². The zero-order chi connectivity index (χ0) is 21.0. The van der Waals surface area contributed by atoms with Crippen LogP contribution in [-0.2, 0) is 9.47 Å². The number of rotatable bonds is 3. The first kappa shape index (κ1) is 24.8. The Morgan fingerprint density at radius 3 is 2.00 bits per heavy atom. The molecule has 8 heteroatoms. The van der Waals surface area contributed by atoms with Gasteiger partial charge in [-0.05, 0) is 46.2 Å². The van der Waals surface area contributed by atoms with Crippen molar-refractivity contribution in [3.63, 3.8) is 0 Å². The van der Waals surface area contributed by atoms with Crippen molar-refractivity contribution in [1.29, 1.82) is 0 Å². The van der Waals surface area contributed by atoms with Gasteiger partial charge in [-0.1, -0.05) is 12.1 Å². The Balaban J connectivity index is 0.000000302. The molecule has 1 aromatic carbocycles. The van der Waals surface area contributed by atoms with Crippen molar-refractivity contribution in [1.82, 2.24) is 15.1 Å². The predicted molar refractivity (Wildman–Crippen MR) is 118 cm³/mol. The number of hydrogen-bond acceptors (Lipinski definition) is 6. The van der Waals surface area contributed by atoms with Crippen molar-refractivity contribution in [2.24, 2.45) is 0 Å². The van der Waals surface area contributed by atoms with E-state index in [1.807, 2.05) is 6.92 Å². The van der Waals surface area contributed by atoms with Gasteiger partial charge in [-0.2, -0.15) is 0 Å². The fourth-order valence-electron chi connectivity index (χ4n) is 4.09. The Hall–Kier alpha value is -1.51. The first-order valence-corrected chi connectivity index (χ1v) is 10.5. The third-order valence-electron chi connectivity index (χ3n) is 5.69. The molecule has 4 unspecified atom stereocenters. The number of ether oxygens (including phenoxy) is 2. The molecule has 0 bridgehead atoms. The van der Waals surface area contributed by atoms with Crippen LogP contribution in [0.4, 0.5) is 0 Å². The SMILES string of the molecule is CC1CCOC(C)N1CCN1C(=O)c2ccccc2C1=O.CC1COCC(C)N1.Cl. The molecular formula is C22H34ClN3O4. The summed E-state index contributed by atoms with van der Waals surface area (Å²) in [4.78, 5) is 28.1. The van der Waals surface area contributed by atoms with E-state index >= 15 is 0 Å². The summed E-state index contributed by atoms with van der Waals surface area (Å²) in [7, 11) is 0. The Labute approximate surface area is 185 Å². The standard InChI is InChI=1S/C16H20N2O3.C6H13NO.ClH/c1-11-7-10-21-12(2)17(11)8-9-18-15(19)13-5-3-4-6-14(13)16(18)20;1-5-3-8-4-6(2)7-5;/h3-6,11-12H,7-10H2,1-2H3;5-7H,3-4H2,1-2H3;1H. The predicted octanol–water partition coefficient (Wildman–Crippen LogP) is 2.54. The number of imide groups is 1. The molecule has 4 atom stereocenters. The molecule has 0 spiro atoms. The van der Waals surface area contributed by atoms with E-state index in [1.165, 1.54) is 4.90 Å². The number of benzene rings is 1. The number of hydrogen-bond donors (Lipinski definition) is 1. The maximum atomic E-state index is 12.3. The molecule has 2 amide bonds. The third kappa shape index (κ3) is 5.80. The first-order chi connectivity index (χ1) is 13.9. The van der Waals surface area contributed by atoms with Crippen molar-refractivity contribution in [3.05, 3.63) is 35.4 Å². The molecule has 7 nitrogen and oxygen atoms in total. The highest BCUT2D eigenvalue weighted by molar-refractivity contribution is 6.21. The van der Waals surface area contributed by atoms with Gasteiger partial charge >= 0.3 is 0 Å². The molecule has 1 aromatic rings. The molecule has 3 heterocycles. The Kier molecular flexibility index (Phi) is 9.25. The molecule has 1 N–H and O–H groups in total. The van der Waals surface area contributed by atoms with Gasteiger partial charge in [-0.25, -0.2) is 0 Å². The monoisotopic (exact) mass is 439 g/mol. The lowest BCUT2D eigenvalue weighted by molar-refractivity contribution is -0.108. The van der Waals surface area contributed by atoms with E-state index in [4.69, 9.17) is 9.47 Å². The summed E-state index contributed by atoms with van der Waals surface area (Å²) in [5.74, 6) is -0.373.